The van der Waals surface area contributed by atoms with Crippen LogP contribution in [0.1, 0.15) is 310 Å². The van der Waals surface area contributed by atoms with Gasteiger partial charge >= 0.3 is 17.9 Å². The maximum Gasteiger partial charge on any atom is 0.306 e. The molecule has 0 aliphatic heterocycles. The lowest BCUT2D eigenvalue weighted by Gasteiger charge is -2.18. The average molecular weight is 1080 g/mol. The zero-order valence-corrected chi connectivity index (χ0v) is 51.2. The summed E-state index contributed by atoms with van der Waals surface area (Å²) in [5, 5.41) is 0. The minimum absolute atomic E-state index is 0.0888. The van der Waals surface area contributed by atoms with Crippen molar-refractivity contribution in [3.8, 4) is 0 Å². The highest BCUT2D eigenvalue weighted by Gasteiger charge is 2.19. The van der Waals surface area contributed by atoms with Crippen LogP contribution < -0.4 is 0 Å². The monoisotopic (exact) mass is 1080 g/mol. The Morgan fingerprint density at radius 1 is 0.269 bits per heavy atom. The largest absolute Gasteiger partial charge is 0.462 e. The van der Waals surface area contributed by atoms with Crippen molar-refractivity contribution in [1.82, 2.24) is 0 Å². The van der Waals surface area contributed by atoms with Crippen LogP contribution in [0.4, 0.5) is 0 Å². The molecule has 0 N–H and O–H groups in total. The quantitative estimate of drug-likeness (QED) is 0.0261. The summed E-state index contributed by atoms with van der Waals surface area (Å²) in [5.74, 6) is -0.906. The summed E-state index contributed by atoms with van der Waals surface area (Å²) in [4.78, 5) is 38.4. The highest BCUT2D eigenvalue weighted by Crippen LogP contribution is 2.15. The first-order valence-corrected chi connectivity index (χ1v) is 32.9. The zero-order valence-electron chi connectivity index (χ0n) is 51.2. The fourth-order valence-electron chi connectivity index (χ4n) is 9.06. The van der Waals surface area contributed by atoms with Crippen LogP contribution in [0.15, 0.2) is 109 Å². The minimum Gasteiger partial charge on any atom is -0.462 e. The van der Waals surface area contributed by atoms with E-state index in [1.807, 2.05) is 0 Å². The molecule has 1 unspecified atom stereocenters. The van der Waals surface area contributed by atoms with Gasteiger partial charge in [0.1, 0.15) is 13.2 Å². The van der Waals surface area contributed by atoms with E-state index in [-0.39, 0.29) is 31.1 Å². The Hall–Kier alpha value is -3.93. The number of hydrogen-bond donors (Lipinski definition) is 0. The molecular weight excluding hydrogens is 961 g/mol. The fourth-order valence-corrected chi connectivity index (χ4v) is 9.06. The summed E-state index contributed by atoms with van der Waals surface area (Å²) in [6, 6.07) is 0. The molecule has 78 heavy (non-hydrogen) atoms. The number of unbranched alkanes of at least 4 members (excludes halogenated alkanes) is 30. The predicted octanol–water partition coefficient (Wildman–Crippen LogP) is 22.6. The van der Waals surface area contributed by atoms with Crippen molar-refractivity contribution in [3.63, 3.8) is 0 Å². The van der Waals surface area contributed by atoms with E-state index in [0.29, 0.717) is 19.3 Å². The Kier molecular flexibility index (Phi) is 62.3. The van der Waals surface area contributed by atoms with Crippen LogP contribution >= 0.6 is 0 Å². The summed E-state index contributed by atoms with van der Waals surface area (Å²) in [6.45, 7) is 6.51. The van der Waals surface area contributed by atoms with Crippen LogP contribution in [-0.2, 0) is 28.6 Å². The van der Waals surface area contributed by atoms with Crippen molar-refractivity contribution in [2.45, 2.75) is 316 Å². The third kappa shape index (κ3) is 62.9. The van der Waals surface area contributed by atoms with Crippen LogP contribution in [0.25, 0.3) is 0 Å². The average Bonchev–Trinajstić information content (AvgIpc) is 3.44. The van der Waals surface area contributed by atoms with Crippen LogP contribution in [0, 0.1) is 0 Å². The van der Waals surface area contributed by atoms with E-state index in [1.165, 1.54) is 141 Å². The Bertz CT molecular complexity index is 1570. The Morgan fingerprint density at radius 3 is 0.808 bits per heavy atom. The molecule has 0 spiro atoms. The van der Waals surface area contributed by atoms with Gasteiger partial charge in [0.25, 0.3) is 0 Å². The second-order valence-electron chi connectivity index (χ2n) is 21.6. The van der Waals surface area contributed by atoms with E-state index in [4.69, 9.17) is 14.2 Å². The first kappa shape index (κ1) is 74.1. The number of allylic oxidation sites excluding steroid dienone is 18. The Balaban J connectivity index is 4.38. The van der Waals surface area contributed by atoms with E-state index in [1.54, 1.807) is 0 Å². The molecule has 0 saturated carbocycles. The van der Waals surface area contributed by atoms with E-state index >= 15 is 0 Å². The summed E-state index contributed by atoms with van der Waals surface area (Å²) in [6.07, 6.45) is 89.4. The Labute approximate surface area is 482 Å². The molecule has 0 heterocycles. The van der Waals surface area contributed by atoms with Gasteiger partial charge in [-0.2, -0.15) is 0 Å². The standard InChI is InChI=1S/C72H122O6/c1-4-7-10-13-16-19-22-25-28-31-32-33-34-35-36-37-38-39-40-42-44-47-50-53-56-59-62-65-71(74)77-68-69(67-76-70(73)64-61-58-55-52-49-46-43-30-27-24-21-18-15-12-9-6-3)78-72(75)66-63-60-57-54-51-48-45-41-29-26-23-20-17-14-11-8-5-2/h7,10,16,19,21,24-26,28-30,32-33,35-36,38-39,43,69H,4-6,8-9,11-15,17-18,20,22-23,27,31,34,37,40-42,44-68H2,1-3H3/b10-7-,19-16-,24-21-,28-25-,29-26-,33-32-,36-35-,39-38-,43-30-. The molecule has 0 saturated heterocycles. The molecule has 0 aromatic rings. The number of ether oxygens (including phenoxy) is 3. The molecule has 0 fully saturated rings. The molecule has 0 bridgehead atoms. The van der Waals surface area contributed by atoms with Crippen molar-refractivity contribution in [3.05, 3.63) is 109 Å². The van der Waals surface area contributed by atoms with Gasteiger partial charge in [-0.3, -0.25) is 14.4 Å². The predicted molar refractivity (Wildman–Crippen MR) is 339 cm³/mol. The van der Waals surface area contributed by atoms with Crippen molar-refractivity contribution in [1.29, 1.82) is 0 Å². The van der Waals surface area contributed by atoms with Gasteiger partial charge in [-0.15, -0.1) is 0 Å². The lowest BCUT2D eigenvalue weighted by Crippen LogP contribution is -2.30. The molecule has 0 amide bonds. The molecule has 0 rings (SSSR count). The van der Waals surface area contributed by atoms with Gasteiger partial charge in [0.2, 0.25) is 0 Å². The normalized spacial score (nSPS) is 12.8. The van der Waals surface area contributed by atoms with E-state index in [2.05, 4.69) is 130 Å². The van der Waals surface area contributed by atoms with Crippen LogP contribution in [-0.4, -0.2) is 37.2 Å². The molecule has 0 aliphatic carbocycles. The van der Waals surface area contributed by atoms with Crippen molar-refractivity contribution in [2.24, 2.45) is 0 Å². The lowest BCUT2D eigenvalue weighted by molar-refractivity contribution is -0.167. The molecule has 0 aromatic heterocycles. The highest BCUT2D eigenvalue weighted by molar-refractivity contribution is 5.71. The molecule has 1 atom stereocenters. The van der Waals surface area contributed by atoms with Gasteiger partial charge in [0.15, 0.2) is 6.10 Å². The number of carbonyl (C=O) groups excluding carboxylic acids is 3. The van der Waals surface area contributed by atoms with Gasteiger partial charge < -0.3 is 14.2 Å². The molecule has 0 aromatic carbocycles. The number of esters is 3. The third-order valence-corrected chi connectivity index (χ3v) is 14.0. The van der Waals surface area contributed by atoms with Crippen LogP contribution in [0.3, 0.4) is 0 Å². The Morgan fingerprint density at radius 2 is 0.500 bits per heavy atom. The van der Waals surface area contributed by atoms with Crippen molar-refractivity contribution >= 4 is 17.9 Å². The molecule has 446 valence electrons. The van der Waals surface area contributed by atoms with E-state index < -0.39 is 6.10 Å². The summed E-state index contributed by atoms with van der Waals surface area (Å²) < 4.78 is 16.9. The number of carbonyl (C=O) groups is 3. The zero-order chi connectivity index (χ0) is 56.4. The summed E-state index contributed by atoms with van der Waals surface area (Å²) >= 11 is 0. The summed E-state index contributed by atoms with van der Waals surface area (Å²) in [7, 11) is 0. The highest BCUT2D eigenvalue weighted by atomic mass is 16.6. The third-order valence-electron chi connectivity index (χ3n) is 14.0. The fraction of sp³-hybridized carbons (Fsp3) is 0.708. The van der Waals surface area contributed by atoms with Crippen molar-refractivity contribution < 1.29 is 28.6 Å². The SMILES string of the molecule is CC/C=C\C/C=C\C/C=C\C/C=C\C/C=C\C/C=C\CCCCCCCCCCC(=O)OCC(COC(=O)CCCCCCC/C=C\C/C=C\CCCCCC)OC(=O)CCCCCCCCC/C=C\CCCCCCCC. The number of hydrogen-bond acceptors (Lipinski definition) is 6. The molecule has 0 radical (unpaired) electrons. The van der Waals surface area contributed by atoms with Gasteiger partial charge in [0, 0.05) is 19.3 Å². The van der Waals surface area contributed by atoms with E-state index in [0.717, 1.165) is 128 Å². The van der Waals surface area contributed by atoms with Crippen LogP contribution in [0.2, 0.25) is 0 Å². The summed E-state index contributed by atoms with van der Waals surface area (Å²) in [5.41, 5.74) is 0. The first-order valence-electron chi connectivity index (χ1n) is 32.9. The van der Waals surface area contributed by atoms with Gasteiger partial charge in [-0.05, 0) is 128 Å². The second-order valence-corrected chi connectivity index (χ2v) is 21.6. The molecule has 6 heteroatoms. The smallest absolute Gasteiger partial charge is 0.306 e. The lowest BCUT2D eigenvalue weighted by atomic mass is 10.1. The van der Waals surface area contributed by atoms with Gasteiger partial charge in [0.05, 0.1) is 0 Å². The maximum absolute atomic E-state index is 12.9. The molecule has 6 nitrogen and oxygen atoms in total. The van der Waals surface area contributed by atoms with E-state index in [9.17, 15) is 14.4 Å². The van der Waals surface area contributed by atoms with Crippen LogP contribution in [0.5, 0.6) is 0 Å². The second kappa shape index (κ2) is 65.6. The number of rotatable bonds is 59. The van der Waals surface area contributed by atoms with Gasteiger partial charge in [-0.1, -0.05) is 271 Å². The van der Waals surface area contributed by atoms with Crippen molar-refractivity contribution in [2.75, 3.05) is 13.2 Å². The minimum atomic E-state index is -0.793. The first-order chi connectivity index (χ1) is 38.5. The van der Waals surface area contributed by atoms with Gasteiger partial charge in [-0.25, -0.2) is 0 Å². The topological polar surface area (TPSA) is 78.9 Å². The maximum atomic E-state index is 12.9. The molecule has 0 aliphatic rings. The molecular formula is C72H122O6.